The van der Waals surface area contributed by atoms with E-state index in [0.717, 1.165) is 27.9 Å². The van der Waals surface area contributed by atoms with Crippen LogP contribution in [-0.4, -0.2) is 40.8 Å². The van der Waals surface area contributed by atoms with E-state index in [1.54, 1.807) is 12.4 Å². The molecule has 0 spiro atoms. The lowest BCUT2D eigenvalue weighted by atomic mass is 9.93. The van der Waals surface area contributed by atoms with Gasteiger partial charge in [-0.3, -0.25) is 14.6 Å². The molecule has 3 aromatic rings. The Morgan fingerprint density at radius 1 is 1.00 bits per heavy atom. The number of ketones is 1. The van der Waals surface area contributed by atoms with Crippen molar-refractivity contribution in [2.24, 2.45) is 0 Å². The molecule has 1 fully saturated rings. The molecule has 1 aromatic heterocycles. The zero-order valence-electron chi connectivity index (χ0n) is 19.2. The summed E-state index contributed by atoms with van der Waals surface area (Å²) >= 11 is 0. The first-order valence-electron chi connectivity index (χ1n) is 10.8. The number of pyridine rings is 1. The average Bonchev–Trinajstić information content (AvgIpc) is 3.06. The fourth-order valence-electron chi connectivity index (χ4n) is 4.17. The van der Waals surface area contributed by atoms with Crippen molar-refractivity contribution in [3.63, 3.8) is 0 Å². The molecule has 4 rings (SSSR count). The maximum absolute atomic E-state index is 13.2. The number of benzene rings is 2. The maximum Gasteiger partial charge on any atom is 0.295 e. The molecule has 6 heteroatoms. The summed E-state index contributed by atoms with van der Waals surface area (Å²) in [7, 11) is 3.90. The van der Waals surface area contributed by atoms with Crippen molar-refractivity contribution < 1.29 is 14.7 Å². The van der Waals surface area contributed by atoms with Crippen LogP contribution in [-0.2, 0) is 16.1 Å². The van der Waals surface area contributed by atoms with Crippen LogP contribution >= 0.6 is 0 Å². The van der Waals surface area contributed by atoms with E-state index in [1.807, 2.05) is 87.4 Å². The molecule has 6 nitrogen and oxygen atoms in total. The van der Waals surface area contributed by atoms with Crippen LogP contribution in [0.25, 0.3) is 5.76 Å². The first-order valence-corrected chi connectivity index (χ1v) is 10.8. The molecule has 33 heavy (non-hydrogen) atoms. The SMILES string of the molecule is Cc1ccc(C)c(C(O)=C2C(=O)C(=O)N(Cc3ccncc3)C2c2ccc(N(C)C)cc2)c1. The van der Waals surface area contributed by atoms with Gasteiger partial charge in [0.2, 0.25) is 0 Å². The number of carbonyl (C=O) groups excluding carboxylic acids is 2. The van der Waals surface area contributed by atoms with E-state index in [2.05, 4.69) is 4.98 Å². The van der Waals surface area contributed by atoms with Crippen LogP contribution in [0.1, 0.15) is 33.9 Å². The minimum Gasteiger partial charge on any atom is -0.507 e. The van der Waals surface area contributed by atoms with E-state index in [1.165, 1.54) is 4.90 Å². The lowest BCUT2D eigenvalue weighted by molar-refractivity contribution is -0.140. The maximum atomic E-state index is 13.2. The molecule has 0 saturated carbocycles. The highest BCUT2D eigenvalue weighted by Gasteiger charge is 2.46. The van der Waals surface area contributed by atoms with Gasteiger partial charge in [-0.15, -0.1) is 0 Å². The third-order valence-corrected chi connectivity index (χ3v) is 6.02. The predicted molar refractivity (Wildman–Crippen MR) is 129 cm³/mol. The molecular weight excluding hydrogens is 414 g/mol. The molecule has 1 saturated heterocycles. The standard InChI is InChI=1S/C27H27N3O3/c1-17-5-6-18(2)22(15-17)25(31)23-24(20-7-9-21(10-8-20)29(3)4)30(27(33)26(23)32)16-19-11-13-28-14-12-19/h5-15,24,31H,16H2,1-4H3. The van der Waals surface area contributed by atoms with Gasteiger partial charge < -0.3 is 14.9 Å². The highest BCUT2D eigenvalue weighted by atomic mass is 16.3. The van der Waals surface area contributed by atoms with Crippen LogP contribution in [0.3, 0.4) is 0 Å². The number of aliphatic hydroxyl groups is 1. The van der Waals surface area contributed by atoms with E-state index in [4.69, 9.17) is 0 Å². The number of aromatic nitrogens is 1. The Bertz CT molecular complexity index is 1230. The third-order valence-electron chi connectivity index (χ3n) is 6.02. The number of carbonyl (C=O) groups is 2. The largest absolute Gasteiger partial charge is 0.507 e. The third kappa shape index (κ3) is 4.24. The zero-order chi connectivity index (χ0) is 23.7. The molecule has 0 bridgehead atoms. The number of hydrogen-bond acceptors (Lipinski definition) is 5. The lowest BCUT2D eigenvalue weighted by Gasteiger charge is -2.26. The number of rotatable bonds is 5. The fraction of sp³-hybridized carbons (Fsp3) is 0.222. The van der Waals surface area contributed by atoms with Gasteiger partial charge in [0.15, 0.2) is 0 Å². The zero-order valence-corrected chi connectivity index (χ0v) is 19.2. The number of aryl methyl sites for hydroxylation is 2. The van der Waals surface area contributed by atoms with Crippen molar-refractivity contribution in [2.45, 2.75) is 26.4 Å². The minimum absolute atomic E-state index is 0.111. The Kier molecular flexibility index (Phi) is 6.01. The number of Topliss-reactive ketones (excluding diaryl/α,β-unsaturated/α-hetero) is 1. The van der Waals surface area contributed by atoms with E-state index in [-0.39, 0.29) is 17.9 Å². The first kappa shape index (κ1) is 22.3. The summed E-state index contributed by atoms with van der Waals surface area (Å²) in [5.41, 5.74) is 5.08. The van der Waals surface area contributed by atoms with Gasteiger partial charge in [0.1, 0.15) is 5.76 Å². The molecule has 168 valence electrons. The van der Waals surface area contributed by atoms with Crippen molar-refractivity contribution >= 4 is 23.1 Å². The Morgan fingerprint density at radius 2 is 1.67 bits per heavy atom. The number of hydrogen-bond donors (Lipinski definition) is 1. The van der Waals surface area contributed by atoms with Gasteiger partial charge in [0.25, 0.3) is 11.7 Å². The highest BCUT2D eigenvalue weighted by molar-refractivity contribution is 6.46. The number of nitrogens with zero attached hydrogens (tertiary/aromatic N) is 3. The van der Waals surface area contributed by atoms with Crippen molar-refractivity contribution in [1.29, 1.82) is 0 Å². The molecule has 1 N–H and O–H groups in total. The number of amides is 1. The molecule has 1 aliphatic rings. The smallest absolute Gasteiger partial charge is 0.295 e. The first-order chi connectivity index (χ1) is 15.8. The minimum atomic E-state index is -0.700. The van der Waals surface area contributed by atoms with Gasteiger partial charge in [-0.1, -0.05) is 29.8 Å². The second-order valence-corrected chi connectivity index (χ2v) is 8.59. The molecule has 0 radical (unpaired) electrons. The molecule has 2 heterocycles. The van der Waals surface area contributed by atoms with Gasteiger partial charge >= 0.3 is 0 Å². The topological polar surface area (TPSA) is 73.7 Å². The average molecular weight is 442 g/mol. The van der Waals surface area contributed by atoms with Crippen LogP contribution in [0.4, 0.5) is 5.69 Å². The van der Waals surface area contributed by atoms with Gasteiger partial charge in [-0.2, -0.15) is 0 Å². The summed E-state index contributed by atoms with van der Waals surface area (Å²) in [6, 6.07) is 16.3. The summed E-state index contributed by atoms with van der Waals surface area (Å²) in [6.45, 7) is 4.04. The monoisotopic (exact) mass is 441 g/mol. The molecule has 0 aliphatic carbocycles. The van der Waals surface area contributed by atoms with Crippen molar-refractivity contribution in [2.75, 3.05) is 19.0 Å². The van der Waals surface area contributed by atoms with Crippen molar-refractivity contribution in [3.05, 3.63) is 100 Å². The molecular formula is C27H27N3O3. The van der Waals surface area contributed by atoms with Gasteiger partial charge in [0, 0.05) is 44.3 Å². The lowest BCUT2D eigenvalue weighted by Crippen LogP contribution is -2.29. The number of likely N-dealkylation sites (tertiary alicyclic amines) is 1. The summed E-state index contributed by atoms with van der Waals surface area (Å²) < 4.78 is 0. The van der Waals surface area contributed by atoms with Crippen LogP contribution in [0.2, 0.25) is 0 Å². The molecule has 1 atom stereocenters. The summed E-state index contributed by atoms with van der Waals surface area (Å²) in [6.07, 6.45) is 3.31. The van der Waals surface area contributed by atoms with Crippen LogP contribution in [0.5, 0.6) is 0 Å². The van der Waals surface area contributed by atoms with Crippen LogP contribution < -0.4 is 4.90 Å². The Labute approximate surface area is 193 Å². The predicted octanol–water partition coefficient (Wildman–Crippen LogP) is 4.39. The fourth-order valence-corrected chi connectivity index (χ4v) is 4.17. The molecule has 1 unspecified atom stereocenters. The van der Waals surface area contributed by atoms with E-state index >= 15 is 0 Å². The second kappa shape index (κ2) is 8.90. The van der Waals surface area contributed by atoms with E-state index in [0.29, 0.717) is 5.56 Å². The Hall–Kier alpha value is -3.93. The van der Waals surface area contributed by atoms with Crippen LogP contribution in [0.15, 0.2) is 72.6 Å². The molecule has 1 amide bonds. The van der Waals surface area contributed by atoms with Crippen molar-refractivity contribution in [1.82, 2.24) is 9.88 Å². The van der Waals surface area contributed by atoms with Gasteiger partial charge in [-0.25, -0.2) is 0 Å². The summed E-state index contributed by atoms with van der Waals surface area (Å²) in [5.74, 6) is -1.45. The Morgan fingerprint density at radius 3 is 2.30 bits per heavy atom. The second-order valence-electron chi connectivity index (χ2n) is 8.59. The van der Waals surface area contributed by atoms with E-state index < -0.39 is 17.7 Å². The van der Waals surface area contributed by atoms with Crippen molar-refractivity contribution in [3.8, 4) is 0 Å². The van der Waals surface area contributed by atoms with E-state index in [9.17, 15) is 14.7 Å². The highest BCUT2D eigenvalue weighted by Crippen LogP contribution is 2.41. The molecule has 1 aliphatic heterocycles. The number of aliphatic hydroxyl groups excluding tert-OH is 1. The molecule has 2 aromatic carbocycles. The Balaban J connectivity index is 1.89. The number of anilines is 1. The normalized spacial score (nSPS) is 17.5. The van der Waals surface area contributed by atoms with Crippen LogP contribution in [0, 0.1) is 13.8 Å². The quantitative estimate of drug-likeness (QED) is 0.361. The summed E-state index contributed by atoms with van der Waals surface area (Å²) in [4.78, 5) is 34.0. The van der Waals surface area contributed by atoms with Gasteiger partial charge in [-0.05, 0) is 60.9 Å². The van der Waals surface area contributed by atoms with Gasteiger partial charge in [0.05, 0.1) is 11.6 Å². The summed E-state index contributed by atoms with van der Waals surface area (Å²) in [5, 5.41) is 11.3.